The number of halogens is 2. The molecule has 1 saturated carbocycles. The lowest BCUT2D eigenvalue weighted by Gasteiger charge is -2.22. The molecule has 4 N–H and O–H groups in total. The van der Waals surface area contributed by atoms with E-state index >= 15 is 0 Å². The number of nitrogens with one attached hydrogen (secondary N) is 2. The van der Waals surface area contributed by atoms with Crippen molar-refractivity contribution in [2.24, 2.45) is 5.73 Å². The number of hydrogen-bond acceptors (Lipinski definition) is 4. The van der Waals surface area contributed by atoms with Gasteiger partial charge in [-0.25, -0.2) is 0 Å². The third-order valence-electron chi connectivity index (χ3n) is 4.46. The molecule has 2 rings (SSSR count). The van der Waals surface area contributed by atoms with Crippen molar-refractivity contribution in [3.05, 3.63) is 35.4 Å². The van der Waals surface area contributed by atoms with Gasteiger partial charge in [0.15, 0.2) is 0 Å². The van der Waals surface area contributed by atoms with Gasteiger partial charge in [0.2, 0.25) is 5.91 Å². The quantitative estimate of drug-likeness (QED) is 0.645. The van der Waals surface area contributed by atoms with Crippen LogP contribution >= 0.6 is 24.8 Å². The van der Waals surface area contributed by atoms with Crippen LogP contribution in [-0.2, 0) is 11.3 Å². The number of nitrogens with zero attached hydrogens (tertiary/aromatic N) is 1. The monoisotopic (exact) mass is 404 g/mol. The molecular weight excluding hydrogens is 375 g/mol. The Morgan fingerprint density at radius 3 is 2.19 bits per heavy atom. The minimum absolute atomic E-state index is 0. The zero-order valence-electron chi connectivity index (χ0n) is 15.4. The smallest absolute Gasteiger partial charge is 0.251 e. The van der Waals surface area contributed by atoms with Crippen molar-refractivity contribution in [3.8, 4) is 0 Å². The lowest BCUT2D eigenvalue weighted by atomic mass is 9.98. The SMILES string of the molecule is CN(C)CCNC(=O)c1ccc(CNC(=O)C2(N)CCCC2)cc1.Cl.Cl. The first kappa shape index (κ1) is 24.7. The van der Waals surface area contributed by atoms with Crippen LogP contribution in [0, 0.1) is 0 Å². The second-order valence-electron chi connectivity index (χ2n) is 6.80. The number of benzene rings is 1. The van der Waals surface area contributed by atoms with Gasteiger partial charge in [-0.05, 0) is 44.6 Å². The van der Waals surface area contributed by atoms with Crippen LogP contribution in [0.1, 0.15) is 41.6 Å². The molecule has 0 unspecified atom stereocenters. The summed E-state index contributed by atoms with van der Waals surface area (Å²) in [6.07, 6.45) is 3.54. The summed E-state index contributed by atoms with van der Waals surface area (Å²) in [7, 11) is 3.93. The van der Waals surface area contributed by atoms with Crippen LogP contribution in [0.15, 0.2) is 24.3 Å². The Labute approximate surface area is 168 Å². The number of carbonyl (C=O) groups is 2. The fraction of sp³-hybridized carbons (Fsp3) is 0.556. The topological polar surface area (TPSA) is 87.5 Å². The molecular formula is C18H30Cl2N4O2. The molecule has 1 aliphatic rings. The Morgan fingerprint density at radius 1 is 1.08 bits per heavy atom. The zero-order valence-corrected chi connectivity index (χ0v) is 17.0. The molecule has 0 heterocycles. The van der Waals surface area contributed by atoms with Crippen LogP contribution in [0.25, 0.3) is 0 Å². The first-order chi connectivity index (χ1) is 11.4. The minimum atomic E-state index is -0.702. The van der Waals surface area contributed by atoms with E-state index in [0.717, 1.165) is 37.8 Å². The summed E-state index contributed by atoms with van der Waals surface area (Å²) < 4.78 is 0. The molecule has 0 aliphatic heterocycles. The molecule has 0 aromatic heterocycles. The van der Waals surface area contributed by atoms with Gasteiger partial charge < -0.3 is 21.3 Å². The molecule has 1 aromatic carbocycles. The standard InChI is InChI=1S/C18H28N4O2.2ClH/c1-22(2)12-11-20-16(23)15-7-5-14(6-8-15)13-21-17(24)18(19)9-3-4-10-18;;/h5-8H,3-4,9-13,19H2,1-2H3,(H,20,23)(H,21,24);2*1H. The summed E-state index contributed by atoms with van der Waals surface area (Å²) in [6, 6.07) is 7.28. The molecule has 148 valence electrons. The third-order valence-corrected chi connectivity index (χ3v) is 4.46. The molecule has 8 heteroatoms. The van der Waals surface area contributed by atoms with Crippen LogP contribution in [0.2, 0.25) is 0 Å². The number of nitrogens with two attached hydrogens (primary N) is 1. The largest absolute Gasteiger partial charge is 0.351 e. The van der Waals surface area contributed by atoms with E-state index in [2.05, 4.69) is 10.6 Å². The van der Waals surface area contributed by atoms with Crippen LogP contribution in [-0.4, -0.2) is 49.4 Å². The molecule has 0 radical (unpaired) electrons. The molecule has 0 spiro atoms. The molecule has 6 nitrogen and oxygen atoms in total. The maximum atomic E-state index is 12.2. The van der Waals surface area contributed by atoms with E-state index in [-0.39, 0.29) is 36.6 Å². The van der Waals surface area contributed by atoms with Gasteiger partial charge in [0.05, 0.1) is 5.54 Å². The predicted molar refractivity (Wildman–Crippen MR) is 109 cm³/mol. The van der Waals surface area contributed by atoms with Crippen molar-refractivity contribution in [2.75, 3.05) is 27.2 Å². The van der Waals surface area contributed by atoms with Gasteiger partial charge in [0, 0.05) is 25.2 Å². The van der Waals surface area contributed by atoms with Gasteiger partial charge in [-0.1, -0.05) is 25.0 Å². The average Bonchev–Trinajstić information content (AvgIpc) is 3.00. The maximum Gasteiger partial charge on any atom is 0.251 e. The molecule has 1 aromatic rings. The average molecular weight is 405 g/mol. The van der Waals surface area contributed by atoms with Crippen LogP contribution in [0.5, 0.6) is 0 Å². The van der Waals surface area contributed by atoms with Crippen molar-refractivity contribution in [3.63, 3.8) is 0 Å². The normalized spacial score (nSPS) is 14.9. The molecule has 0 atom stereocenters. The highest BCUT2D eigenvalue weighted by molar-refractivity contribution is 5.94. The van der Waals surface area contributed by atoms with E-state index in [0.29, 0.717) is 18.7 Å². The fourth-order valence-corrected chi connectivity index (χ4v) is 2.86. The lowest BCUT2D eigenvalue weighted by Crippen LogP contribution is -2.51. The van der Waals surface area contributed by atoms with Gasteiger partial charge >= 0.3 is 0 Å². The van der Waals surface area contributed by atoms with E-state index in [1.165, 1.54) is 0 Å². The fourth-order valence-electron chi connectivity index (χ4n) is 2.86. The van der Waals surface area contributed by atoms with Crippen molar-refractivity contribution in [1.82, 2.24) is 15.5 Å². The minimum Gasteiger partial charge on any atom is -0.351 e. The Kier molecular flexibility index (Phi) is 10.8. The van der Waals surface area contributed by atoms with Crippen molar-refractivity contribution in [2.45, 2.75) is 37.8 Å². The third kappa shape index (κ3) is 7.11. The number of carbonyl (C=O) groups excluding carboxylic acids is 2. The Hall–Kier alpha value is -1.34. The molecule has 2 amide bonds. The highest BCUT2D eigenvalue weighted by Gasteiger charge is 2.36. The maximum absolute atomic E-state index is 12.2. The molecule has 26 heavy (non-hydrogen) atoms. The van der Waals surface area contributed by atoms with Crippen LogP contribution in [0.3, 0.4) is 0 Å². The summed E-state index contributed by atoms with van der Waals surface area (Å²) in [5.41, 5.74) is 7.00. The predicted octanol–water partition coefficient (Wildman–Crippen LogP) is 1.71. The van der Waals surface area contributed by atoms with Gasteiger partial charge in [-0.3, -0.25) is 9.59 Å². The summed E-state index contributed by atoms with van der Waals surface area (Å²) in [4.78, 5) is 26.2. The summed E-state index contributed by atoms with van der Waals surface area (Å²) >= 11 is 0. The Balaban J connectivity index is 0.00000312. The van der Waals surface area contributed by atoms with E-state index in [9.17, 15) is 9.59 Å². The van der Waals surface area contributed by atoms with E-state index in [4.69, 9.17) is 5.73 Å². The lowest BCUT2D eigenvalue weighted by molar-refractivity contribution is -0.126. The van der Waals surface area contributed by atoms with E-state index in [1.54, 1.807) is 12.1 Å². The van der Waals surface area contributed by atoms with Crippen molar-refractivity contribution in [1.29, 1.82) is 0 Å². The first-order valence-electron chi connectivity index (χ1n) is 8.50. The molecule has 0 bridgehead atoms. The molecule has 0 saturated heterocycles. The van der Waals surface area contributed by atoms with E-state index in [1.807, 2.05) is 31.1 Å². The van der Waals surface area contributed by atoms with Gasteiger partial charge in [0.1, 0.15) is 0 Å². The van der Waals surface area contributed by atoms with E-state index < -0.39 is 5.54 Å². The molecule has 1 fully saturated rings. The summed E-state index contributed by atoms with van der Waals surface area (Å²) in [6.45, 7) is 1.85. The van der Waals surface area contributed by atoms with Crippen LogP contribution < -0.4 is 16.4 Å². The Bertz CT molecular complexity index is 573. The number of rotatable bonds is 7. The number of amides is 2. The second kappa shape index (κ2) is 11.4. The highest BCUT2D eigenvalue weighted by atomic mass is 35.5. The van der Waals surface area contributed by atoms with Crippen molar-refractivity contribution < 1.29 is 9.59 Å². The van der Waals surface area contributed by atoms with Crippen molar-refractivity contribution >= 4 is 36.6 Å². The van der Waals surface area contributed by atoms with Gasteiger partial charge in [-0.2, -0.15) is 0 Å². The Morgan fingerprint density at radius 2 is 1.65 bits per heavy atom. The van der Waals surface area contributed by atoms with Gasteiger partial charge in [0.25, 0.3) is 5.91 Å². The second-order valence-corrected chi connectivity index (χ2v) is 6.80. The highest BCUT2D eigenvalue weighted by Crippen LogP contribution is 2.27. The summed E-state index contributed by atoms with van der Waals surface area (Å²) in [5, 5.41) is 5.78. The first-order valence-corrected chi connectivity index (χ1v) is 8.50. The number of hydrogen-bond donors (Lipinski definition) is 3. The summed E-state index contributed by atoms with van der Waals surface area (Å²) in [5.74, 6) is -0.162. The number of likely N-dealkylation sites (N-methyl/N-ethyl adjacent to an activating group) is 1. The van der Waals surface area contributed by atoms with Crippen LogP contribution in [0.4, 0.5) is 0 Å². The zero-order chi connectivity index (χ0) is 17.6. The molecule has 1 aliphatic carbocycles. The van der Waals surface area contributed by atoms with Gasteiger partial charge in [-0.15, -0.1) is 24.8 Å².